The molecule has 0 bridgehead atoms. The molecule has 0 spiro atoms. The lowest BCUT2D eigenvalue weighted by Crippen LogP contribution is -2.34. The van der Waals surface area contributed by atoms with Gasteiger partial charge in [0, 0.05) is 13.6 Å². The van der Waals surface area contributed by atoms with E-state index in [-0.39, 0.29) is 12.5 Å². The van der Waals surface area contributed by atoms with Gasteiger partial charge in [0.15, 0.2) is 0 Å². The summed E-state index contributed by atoms with van der Waals surface area (Å²) in [5.74, 6) is -0.635. The number of nitrogens with two attached hydrogens (primary N) is 1. The number of hydrogen-bond donors (Lipinski definition) is 2. The molecule has 1 aromatic carbocycles. The van der Waals surface area contributed by atoms with Gasteiger partial charge in [0.25, 0.3) is 0 Å². The highest BCUT2D eigenvalue weighted by Gasteiger charge is 2.30. The van der Waals surface area contributed by atoms with E-state index in [9.17, 15) is 18.0 Å². The molecule has 1 aromatic rings. The molecule has 0 aromatic heterocycles. The lowest BCUT2D eigenvalue weighted by Gasteiger charge is -2.13. The number of nitrogens with one attached hydrogen (secondary N) is 1. The predicted molar refractivity (Wildman–Crippen MR) is 61.8 cm³/mol. The van der Waals surface area contributed by atoms with Crippen LogP contribution in [0.2, 0.25) is 0 Å². The standard InChI is InChI=1S/C12H15F3N2O/c1-17-11(18)9(7-16)6-8-2-4-10(5-3-8)12(13,14)15/h2-5,9H,6-7,16H2,1H3,(H,17,18)/t9-/m1/s1. The number of hydrogen-bond acceptors (Lipinski definition) is 2. The third-order valence-electron chi connectivity index (χ3n) is 2.67. The van der Waals surface area contributed by atoms with Gasteiger partial charge in [0.05, 0.1) is 11.5 Å². The molecule has 0 saturated carbocycles. The average Bonchev–Trinajstić information content (AvgIpc) is 2.34. The number of amides is 1. The molecule has 100 valence electrons. The van der Waals surface area contributed by atoms with Crippen LogP contribution < -0.4 is 11.1 Å². The maximum Gasteiger partial charge on any atom is 0.416 e. The number of halogens is 3. The maximum atomic E-state index is 12.3. The van der Waals surface area contributed by atoms with Crippen molar-refractivity contribution in [3.8, 4) is 0 Å². The van der Waals surface area contributed by atoms with E-state index in [2.05, 4.69) is 5.32 Å². The Bertz CT molecular complexity index is 401. The first-order valence-electron chi connectivity index (χ1n) is 5.46. The highest BCUT2D eigenvalue weighted by Crippen LogP contribution is 2.29. The van der Waals surface area contributed by atoms with Crippen LogP contribution in [0.15, 0.2) is 24.3 Å². The number of benzene rings is 1. The van der Waals surface area contributed by atoms with Gasteiger partial charge in [-0.3, -0.25) is 4.79 Å². The number of rotatable bonds is 4. The molecule has 1 amide bonds. The molecule has 6 heteroatoms. The second kappa shape index (κ2) is 5.86. The van der Waals surface area contributed by atoms with E-state index in [1.807, 2.05) is 0 Å². The Kier molecular flexibility index (Phi) is 4.72. The highest BCUT2D eigenvalue weighted by atomic mass is 19.4. The van der Waals surface area contributed by atoms with Crippen molar-refractivity contribution < 1.29 is 18.0 Å². The second-order valence-electron chi connectivity index (χ2n) is 3.95. The minimum Gasteiger partial charge on any atom is -0.359 e. The van der Waals surface area contributed by atoms with Crippen molar-refractivity contribution in [1.29, 1.82) is 0 Å². The molecule has 18 heavy (non-hydrogen) atoms. The monoisotopic (exact) mass is 260 g/mol. The summed E-state index contributed by atoms with van der Waals surface area (Å²) >= 11 is 0. The van der Waals surface area contributed by atoms with Gasteiger partial charge in [-0.25, -0.2) is 0 Å². The summed E-state index contributed by atoms with van der Waals surface area (Å²) in [7, 11) is 1.50. The topological polar surface area (TPSA) is 55.1 Å². The summed E-state index contributed by atoms with van der Waals surface area (Å²) < 4.78 is 37.0. The molecule has 0 aliphatic heterocycles. The van der Waals surface area contributed by atoms with Gasteiger partial charge in [0.1, 0.15) is 0 Å². The van der Waals surface area contributed by atoms with Crippen molar-refractivity contribution in [3.63, 3.8) is 0 Å². The van der Waals surface area contributed by atoms with Gasteiger partial charge in [-0.2, -0.15) is 13.2 Å². The van der Waals surface area contributed by atoms with Crippen LogP contribution in [0.3, 0.4) is 0 Å². The number of alkyl halides is 3. The summed E-state index contributed by atoms with van der Waals surface area (Å²) in [6.45, 7) is 0.153. The molecular formula is C12H15F3N2O. The largest absolute Gasteiger partial charge is 0.416 e. The van der Waals surface area contributed by atoms with Gasteiger partial charge in [-0.1, -0.05) is 12.1 Å². The first kappa shape index (κ1) is 14.5. The molecule has 0 heterocycles. The van der Waals surface area contributed by atoms with Gasteiger partial charge in [-0.05, 0) is 24.1 Å². The molecule has 0 radical (unpaired) electrons. The Morgan fingerprint density at radius 1 is 1.33 bits per heavy atom. The Morgan fingerprint density at radius 3 is 2.28 bits per heavy atom. The van der Waals surface area contributed by atoms with Crippen molar-refractivity contribution in [2.24, 2.45) is 11.7 Å². The van der Waals surface area contributed by atoms with E-state index in [0.29, 0.717) is 12.0 Å². The first-order valence-corrected chi connectivity index (χ1v) is 5.46. The molecule has 0 unspecified atom stereocenters. The Labute approximate surface area is 103 Å². The molecule has 0 fully saturated rings. The van der Waals surface area contributed by atoms with E-state index in [0.717, 1.165) is 12.1 Å². The Morgan fingerprint density at radius 2 is 1.89 bits per heavy atom. The quantitative estimate of drug-likeness (QED) is 0.863. The van der Waals surface area contributed by atoms with Crippen LogP contribution in [-0.4, -0.2) is 19.5 Å². The molecule has 0 aliphatic rings. The molecular weight excluding hydrogens is 245 g/mol. The van der Waals surface area contributed by atoms with Gasteiger partial charge in [0.2, 0.25) is 5.91 Å². The second-order valence-corrected chi connectivity index (χ2v) is 3.95. The zero-order valence-electron chi connectivity index (χ0n) is 9.92. The normalized spacial score (nSPS) is 13.2. The summed E-state index contributed by atoms with van der Waals surface area (Å²) in [5, 5.41) is 2.47. The number of carbonyl (C=O) groups excluding carboxylic acids is 1. The number of carbonyl (C=O) groups is 1. The maximum absolute atomic E-state index is 12.3. The van der Waals surface area contributed by atoms with Crippen LogP contribution in [0.4, 0.5) is 13.2 Å². The molecule has 1 rings (SSSR count). The third kappa shape index (κ3) is 3.73. The summed E-state index contributed by atoms with van der Waals surface area (Å²) in [4.78, 5) is 11.4. The van der Waals surface area contributed by atoms with Gasteiger partial charge < -0.3 is 11.1 Å². The molecule has 0 saturated heterocycles. The molecule has 3 N–H and O–H groups in total. The van der Waals surface area contributed by atoms with Crippen molar-refractivity contribution in [2.75, 3.05) is 13.6 Å². The minimum atomic E-state index is -4.34. The fourth-order valence-corrected chi connectivity index (χ4v) is 1.60. The SMILES string of the molecule is CNC(=O)[C@@H](CN)Cc1ccc(C(F)(F)F)cc1. The van der Waals surface area contributed by atoms with Crippen LogP contribution in [0.5, 0.6) is 0 Å². The highest BCUT2D eigenvalue weighted by molar-refractivity contribution is 5.78. The fourth-order valence-electron chi connectivity index (χ4n) is 1.60. The third-order valence-corrected chi connectivity index (χ3v) is 2.67. The lowest BCUT2D eigenvalue weighted by molar-refractivity contribution is -0.137. The average molecular weight is 260 g/mol. The van der Waals surface area contributed by atoms with E-state index in [1.165, 1.54) is 19.2 Å². The lowest BCUT2D eigenvalue weighted by atomic mass is 9.98. The van der Waals surface area contributed by atoms with Crippen molar-refractivity contribution in [2.45, 2.75) is 12.6 Å². The van der Waals surface area contributed by atoms with Crippen molar-refractivity contribution >= 4 is 5.91 Å². The smallest absolute Gasteiger partial charge is 0.359 e. The first-order chi connectivity index (χ1) is 8.38. The Balaban J connectivity index is 2.77. The van der Waals surface area contributed by atoms with Crippen LogP contribution >= 0.6 is 0 Å². The van der Waals surface area contributed by atoms with E-state index >= 15 is 0 Å². The van der Waals surface area contributed by atoms with E-state index in [4.69, 9.17) is 5.73 Å². The fraction of sp³-hybridized carbons (Fsp3) is 0.417. The molecule has 1 atom stereocenters. The van der Waals surface area contributed by atoms with Crippen LogP contribution in [0.1, 0.15) is 11.1 Å². The van der Waals surface area contributed by atoms with E-state index in [1.54, 1.807) is 0 Å². The predicted octanol–water partition coefficient (Wildman–Crippen LogP) is 1.57. The van der Waals surface area contributed by atoms with Crippen LogP contribution in [-0.2, 0) is 17.4 Å². The van der Waals surface area contributed by atoms with Crippen LogP contribution in [0, 0.1) is 5.92 Å². The van der Waals surface area contributed by atoms with Crippen molar-refractivity contribution in [1.82, 2.24) is 5.32 Å². The van der Waals surface area contributed by atoms with Gasteiger partial charge in [-0.15, -0.1) is 0 Å². The Hall–Kier alpha value is -1.56. The zero-order valence-corrected chi connectivity index (χ0v) is 9.92. The summed E-state index contributed by atoms with van der Waals surface area (Å²) in [6.07, 6.45) is -4.01. The van der Waals surface area contributed by atoms with Crippen LogP contribution in [0.25, 0.3) is 0 Å². The molecule has 3 nitrogen and oxygen atoms in total. The summed E-state index contributed by atoms with van der Waals surface area (Å²) in [6, 6.07) is 4.75. The van der Waals surface area contributed by atoms with Gasteiger partial charge >= 0.3 is 6.18 Å². The van der Waals surface area contributed by atoms with E-state index < -0.39 is 17.7 Å². The summed E-state index contributed by atoms with van der Waals surface area (Å²) in [5.41, 5.74) is 5.41. The zero-order chi connectivity index (χ0) is 13.8. The molecule has 0 aliphatic carbocycles. The van der Waals surface area contributed by atoms with Crippen molar-refractivity contribution in [3.05, 3.63) is 35.4 Å². The minimum absolute atomic E-state index is 0.153.